The smallest absolute Gasteiger partial charge is 0.220 e. The normalized spacial score (nSPS) is 14.2. The van der Waals surface area contributed by atoms with Crippen LogP contribution in [0.2, 0.25) is 0 Å². The van der Waals surface area contributed by atoms with Crippen LogP contribution in [-0.2, 0) is 4.79 Å². The third kappa shape index (κ3) is 34.5. The Kier molecular flexibility index (Phi) is 35.6. The van der Waals surface area contributed by atoms with Gasteiger partial charge in [0.2, 0.25) is 5.91 Å². The maximum Gasteiger partial charge on any atom is 0.220 e. The Hall–Kier alpha value is -2.69. The van der Waals surface area contributed by atoms with Gasteiger partial charge in [0.05, 0.1) is 18.8 Å². The van der Waals surface area contributed by atoms with Crippen molar-refractivity contribution in [3.63, 3.8) is 0 Å². The van der Waals surface area contributed by atoms with Gasteiger partial charge in [-0.3, -0.25) is 4.79 Å². The SMILES string of the molecule is CC/C=C\C/C=C\C/C=C\C/C=C\C/C=C\C/C=C\C/C=C\CCCCCCCCCCCC(=O)NC(CO)C(O)/C=C/CCCC. The van der Waals surface area contributed by atoms with Gasteiger partial charge >= 0.3 is 0 Å². The molecule has 2 atom stereocenters. The average Bonchev–Trinajstić information content (AvgIpc) is 3.08. The summed E-state index contributed by atoms with van der Waals surface area (Å²) in [5.41, 5.74) is 0. The van der Waals surface area contributed by atoms with Gasteiger partial charge in [-0.1, -0.05) is 169 Å². The minimum absolute atomic E-state index is 0.0866. The van der Waals surface area contributed by atoms with E-state index in [4.69, 9.17) is 0 Å². The van der Waals surface area contributed by atoms with Gasteiger partial charge in [0, 0.05) is 6.42 Å². The predicted octanol–water partition coefficient (Wildman–Crippen LogP) is 11.5. The first-order valence-corrected chi connectivity index (χ1v) is 19.0. The lowest BCUT2D eigenvalue weighted by Crippen LogP contribution is -2.45. The molecular formula is C43H71NO3. The first kappa shape index (κ1) is 44.3. The number of amides is 1. The lowest BCUT2D eigenvalue weighted by molar-refractivity contribution is -0.123. The van der Waals surface area contributed by atoms with E-state index in [1.54, 1.807) is 6.08 Å². The van der Waals surface area contributed by atoms with Crippen molar-refractivity contribution in [1.82, 2.24) is 5.32 Å². The van der Waals surface area contributed by atoms with Crippen LogP contribution < -0.4 is 5.32 Å². The average molecular weight is 650 g/mol. The van der Waals surface area contributed by atoms with Crippen molar-refractivity contribution in [1.29, 1.82) is 0 Å². The number of aliphatic hydroxyl groups excluding tert-OH is 2. The standard InChI is InChI=1S/C43H71NO3/c1-3-5-7-9-10-11-12-13-14-15-16-17-18-19-20-21-22-23-24-25-26-27-28-29-30-31-32-33-34-35-37-39-43(47)44-41(40-45)42(46)38-36-8-6-4-2/h5,7,10-11,13-14,16-17,19-20,22-23,25-26,36,38,41-42,45-46H,3-4,6,8-9,12,15,18,21,24,27-35,37,39-40H2,1-2H3,(H,44,47)/b7-5-,11-10-,14-13-,17-16-,20-19-,23-22-,26-25-,38-36+. The van der Waals surface area contributed by atoms with Crippen LogP contribution in [0.3, 0.4) is 0 Å². The summed E-state index contributed by atoms with van der Waals surface area (Å²) in [4.78, 5) is 12.2. The van der Waals surface area contributed by atoms with Gasteiger partial charge in [0.15, 0.2) is 0 Å². The fourth-order valence-corrected chi connectivity index (χ4v) is 4.91. The van der Waals surface area contributed by atoms with E-state index in [-0.39, 0.29) is 12.5 Å². The van der Waals surface area contributed by atoms with Gasteiger partial charge < -0.3 is 15.5 Å². The van der Waals surface area contributed by atoms with Gasteiger partial charge in [-0.25, -0.2) is 0 Å². The number of allylic oxidation sites excluding steroid dienone is 15. The van der Waals surface area contributed by atoms with E-state index >= 15 is 0 Å². The summed E-state index contributed by atoms with van der Waals surface area (Å²) < 4.78 is 0. The van der Waals surface area contributed by atoms with Crippen molar-refractivity contribution in [2.75, 3.05) is 6.61 Å². The van der Waals surface area contributed by atoms with Gasteiger partial charge in [-0.2, -0.15) is 0 Å². The minimum atomic E-state index is -0.842. The van der Waals surface area contributed by atoms with Crippen molar-refractivity contribution in [3.05, 3.63) is 97.2 Å². The van der Waals surface area contributed by atoms with Crippen molar-refractivity contribution in [2.45, 2.75) is 161 Å². The summed E-state index contributed by atoms with van der Waals surface area (Å²) in [5.74, 6) is -0.0866. The number of carbonyl (C=O) groups is 1. The highest BCUT2D eigenvalue weighted by atomic mass is 16.3. The van der Waals surface area contributed by atoms with E-state index in [2.05, 4.69) is 104 Å². The molecule has 0 radical (unpaired) electrons. The highest BCUT2D eigenvalue weighted by molar-refractivity contribution is 5.76. The second-order valence-electron chi connectivity index (χ2n) is 12.3. The lowest BCUT2D eigenvalue weighted by Gasteiger charge is -2.19. The molecular weight excluding hydrogens is 578 g/mol. The molecule has 0 aliphatic heterocycles. The predicted molar refractivity (Wildman–Crippen MR) is 206 cm³/mol. The van der Waals surface area contributed by atoms with Crippen molar-refractivity contribution in [2.24, 2.45) is 0 Å². The second kappa shape index (κ2) is 37.8. The zero-order chi connectivity index (χ0) is 34.3. The summed E-state index contributed by atoms with van der Waals surface area (Å²) in [6.45, 7) is 4.03. The Morgan fingerprint density at radius 2 is 0.936 bits per heavy atom. The Morgan fingerprint density at radius 3 is 1.38 bits per heavy atom. The minimum Gasteiger partial charge on any atom is -0.394 e. The molecule has 0 saturated heterocycles. The Labute approximate surface area is 290 Å². The number of nitrogens with one attached hydrogen (secondary N) is 1. The molecule has 0 bridgehead atoms. The molecule has 47 heavy (non-hydrogen) atoms. The number of hydrogen-bond donors (Lipinski definition) is 3. The quantitative estimate of drug-likeness (QED) is 0.0502. The van der Waals surface area contributed by atoms with E-state index in [9.17, 15) is 15.0 Å². The van der Waals surface area contributed by atoms with Crippen molar-refractivity contribution < 1.29 is 15.0 Å². The van der Waals surface area contributed by atoms with E-state index in [0.29, 0.717) is 6.42 Å². The Bertz CT molecular complexity index is 921. The van der Waals surface area contributed by atoms with Crippen LogP contribution >= 0.6 is 0 Å². The first-order chi connectivity index (χ1) is 23.2. The van der Waals surface area contributed by atoms with Crippen molar-refractivity contribution >= 4 is 5.91 Å². The molecule has 2 unspecified atom stereocenters. The van der Waals surface area contributed by atoms with Crippen LogP contribution in [0.5, 0.6) is 0 Å². The Balaban J connectivity index is 3.57. The number of carbonyl (C=O) groups excluding carboxylic acids is 1. The first-order valence-electron chi connectivity index (χ1n) is 19.0. The fourth-order valence-electron chi connectivity index (χ4n) is 4.91. The molecule has 0 aliphatic rings. The maximum absolute atomic E-state index is 12.2. The summed E-state index contributed by atoms with van der Waals surface area (Å²) >= 11 is 0. The van der Waals surface area contributed by atoms with Crippen LogP contribution in [0.25, 0.3) is 0 Å². The number of rotatable bonds is 32. The summed E-state index contributed by atoms with van der Waals surface area (Å²) in [6.07, 6.45) is 56.9. The lowest BCUT2D eigenvalue weighted by atomic mass is 10.1. The van der Waals surface area contributed by atoms with E-state index < -0.39 is 12.1 Å². The summed E-state index contributed by atoms with van der Waals surface area (Å²) in [6, 6.07) is -0.626. The molecule has 0 fully saturated rings. The van der Waals surface area contributed by atoms with Crippen LogP contribution in [0.4, 0.5) is 0 Å². The molecule has 1 amide bonds. The topological polar surface area (TPSA) is 69.6 Å². The van der Waals surface area contributed by atoms with Crippen LogP contribution in [0, 0.1) is 0 Å². The summed E-state index contributed by atoms with van der Waals surface area (Å²) in [5, 5.41) is 22.5. The Morgan fingerprint density at radius 1 is 0.532 bits per heavy atom. The molecule has 4 heteroatoms. The van der Waals surface area contributed by atoms with Gasteiger partial charge in [0.1, 0.15) is 0 Å². The third-order valence-electron chi connectivity index (χ3n) is 7.82. The van der Waals surface area contributed by atoms with Crippen molar-refractivity contribution in [3.8, 4) is 0 Å². The fraction of sp³-hybridized carbons (Fsp3) is 0.605. The molecule has 4 nitrogen and oxygen atoms in total. The summed E-state index contributed by atoms with van der Waals surface area (Å²) in [7, 11) is 0. The van der Waals surface area contributed by atoms with E-state index in [1.165, 1.54) is 44.9 Å². The molecule has 0 heterocycles. The van der Waals surface area contributed by atoms with Crippen LogP contribution in [0.15, 0.2) is 97.2 Å². The molecule has 0 aromatic carbocycles. The van der Waals surface area contributed by atoms with E-state index in [0.717, 1.165) is 83.5 Å². The molecule has 0 aliphatic carbocycles. The van der Waals surface area contributed by atoms with Crippen LogP contribution in [-0.4, -0.2) is 34.9 Å². The van der Waals surface area contributed by atoms with Gasteiger partial charge in [-0.05, 0) is 70.6 Å². The molecule has 0 aromatic heterocycles. The largest absolute Gasteiger partial charge is 0.394 e. The monoisotopic (exact) mass is 650 g/mol. The molecule has 0 rings (SSSR count). The zero-order valence-electron chi connectivity index (χ0n) is 30.3. The molecule has 3 N–H and O–H groups in total. The molecule has 0 aromatic rings. The maximum atomic E-state index is 12.2. The molecule has 266 valence electrons. The zero-order valence-corrected chi connectivity index (χ0v) is 30.3. The van der Waals surface area contributed by atoms with Gasteiger partial charge in [0.25, 0.3) is 0 Å². The van der Waals surface area contributed by atoms with Crippen LogP contribution in [0.1, 0.15) is 149 Å². The number of hydrogen-bond acceptors (Lipinski definition) is 3. The number of unbranched alkanes of at least 4 members (excludes halogenated alkanes) is 11. The number of aliphatic hydroxyl groups is 2. The van der Waals surface area contributed by atoms with Gasteiger partial charge in [-0.15, -0.1) is 0 Å². The molecule has 0 spiro atoms. The highest BCUT2D eigenvalue weighted by Gasteiger charge is 2.17. The van der Waals surface area contributed by atoms with E-state index in [1.807, 2.05) is 6.08 Å². The second-order valence-corrected chi connectivity index (χ2v) is 12.3. The highest BCUT2D eigenvalue weighted by Crippen LogP contribution is 2.12. The molecule has 0 saturated carbocycles. The third-order valence-corrected chi connectivity index (χ3v) is 7.82.